The lowest BCUT2D eigenvalue weighted by molar-refractivity contribution is 0.248. The summed E-state index contributed by atoms with van der Waals surface area (Å²) >= 11 is 0. The van der Waals surface area contributed by atoms with Crippen molar-refractivity contribution in [3.63, 3.8) is 0 Å². The molecule has 0 aliphatic carbocycles. The quantitative estimate of drug-likeness (QED) is 0.590. The number of aliphatic hydroxyl groups is 1. The molecule has 0 bridgehead atoms. The molecule has 0 unspecified atom stereocenters. The fourth-order valence-corrected chi connectivity index (χ4v) is 3.80. The summed E-state index contributed by atoms with van der Waals surface area (Å²) in [7, 11) is 0. The van der Waals surface area contributed by atoms with Gasteiger partial charge in [0.25, 0.3) is 0 Å². The summed E-state index contributed by atoms with van der Waals surface area (Å²) in [5.74, 6) is 0.717. The van der Waals surface area contributed by atoms with E-state index in [0.29, 0.717) is 6.54 Å². The average Bonchev–Trinajstić information content (AvgIpc) is 3.38. The van der Waals surface area contributed by atoms with E-state index in [9.17, 15) is 5.11 Å². The summed E-state index contributed by atoms with van der Waals surface area (Å²) in [4.78, 5) is 11.6. The number of nitrogens with zero attached hydrogens (tertiary/aromatic N) is 6. The monoisotopic (exact) mass is 360 g/mol. The molecule has 1 aliphatic heterocycles. The minimum absolute atomic E-state index is 0.102. The second-order valence-electron chi connectivity index (χ2n) is 6.77. The van der Waals surface area contributed by atoms with E-state index < -0.39 is 0 Å². The first-order valence-electron chi connectivity index (χ1n) is 9.07. The van der Waals surface area contributed by atoms with Crippen LogP contribution in [0.2, 0.25) is 0 Å². The number of hydrogen-bond acceptors (Lipinski definition) is 5. The number of aromatic nitrogens is 5. The Hall–Kier alpha value is -3.03. The first-order chi connectivity index (χ1) is 13.3. The molecule has 0 saturated carbocycles. The molecule has 27 heavy (non-hydrogen) atoms. The van der Waals surface area contributed by atoms with Crippen LogP contribution in [0, 0.1) is 0 Å². The molecule has 7 heteroatoms. The fraction of sp³-hybridized carbons (Fsp3) is 0.250. The zero-order valence-corrected chi connectivity index (χ0v) is 14.9. The van der Waals surface area contributed by atoms with Gasteiger partial charge in [-0.3, -0.25) is 14.0 Å². The van der Waals surface area contributed by atoms with Gasteiger partial charge in [-0.25, -0.2) is 9.97 Å². The molecule has 0 radical (unpaired) electrons. The van der Waals surface area contributed by atoms with Crippen molar-refractivity contribution >= 4 is 5.78 Å². The highest BCUT2D eigenvalue weighted by molar-refractivity contribution is 5.65. The van der Waals surface area contributed by atoms with Crippen molar-refractivity contribution in [1.29, 1.82) is 0 Å². The van der Waals surface area contributed by atoms with Gasteiger partial charge in [-0.2, -0.15) is 5.10 Å². The van der Waals surface area contributed by atoms with Gasteiger partial charge in [0.2, 0.25) is 5.78 Å². The molecule has 0 atom stereocenters. The van der Waals surface area contributed by atoms with E-state index in [-0.39, 0.29) is 6.61 Å². The summed E-state index contributed by atoms with van der Waals surface area (Å²) in [6.45, 7) is 3.08. The van der Waals surface area contributed by atoms with Crippen LogP contribution in [0.5, 0.6) is 0 Å². The smallest absolute Gasteiger partial charge is 0.234 e. The van der Waals surface area contributed by atoms with Crippen LogP contribution in [0.3, 0.4) is 0 Å². The third kappa shape index (κ3) is 2.81. The number of aliphatic hydroxyl groups excluding tert-OH is 1. The highest BCUT2D eigenvalue weighted by Gasteiger charge is 2.26. The number of imidazole rings is 1. The van der Waals surface area contributed by atoms with E-state index in [4.69, 9.17) is 4.98 Å². The van der Waals surface area contributed by atoms with Crippen LogP contribution in [0.4, 0.5) is 0 Å². The topological polar surface area (TPSA) is 71.5 Å². The number of rotatable bonds is 5. The van der Waals surface area contributed by atoms with Gasteiger partial charge in [0.15, 0.2) is 0 Å². The second kappa shape index (κ2) is 6.61. The number of fused-ring (bicyclic) bond motifs is 2. The van der Waals surface area contributed by atoms with Gasteiger partial charge in [0, 0.05) is 43.2 Å². The fourth-order valence-electron chi connectivity index (χ4n) is 3.80. The standard InChI is InChI=1S/C20H20N6O/c27-10-9-26-17-13-24(12-16(17)11-22-26)14-18-19(15-5-2-1-3-6-15)23-20-21-7-4-8-25(18)20/h1-8,11,27H,9-10,12-14H2. The van der Waals surface area contributed by atoms with Gasteiger partial charge in [-0.15, -0.1) is 0 Å². The second-order valence-corrected chi connectivity index (χ2v) is 6.77. The molecule has 0 fully saturated rings. The van der Waals surface area contributed by atoms with E-state index in [2.05, 4.69) is 31.5 Å². The van der Waals surface area contributed by atoms with Gasteiger partial charge in [-0.1, -0.05) is 30.3 Å². The van der Waals surface area contributed by atoms with Gasteiger partial charge in [0.05, 0.1) is 36.4 Å². The molecular formula is C20H20N6O. The van der Waals surface area contributed by atoms with Crippen LogP contribution in [0.15, 0.2) is 55.0 Å². The average molecular weight is 360 g/mol. The summed E-state index contributed by atoms with van der Waals surface area (Å²) in [6.07, 6.45) is 5.71. The minimum atomic E-state index is 0.102. The molecule has 1 aliphatic rings. The van der Waals surface area contributed by atoms with Crippen LogP contribution in [-0.2, 0) is 26.2 Å². The number of hydrogen-bond donors (Lipinski definition) is 1. The molecule has 136 valence electrons. The molecule has 4 aromatic rings. The van der Waals surface area contributed by atoms with Crippen LogP contribution in [-0.4, -0.2) is 40.8 Å². The molecule has 0 amide bonds. The predicted octanol–water partition coefficient (Wildman–Crippen LogP) is 2.10. The lowest BCUT2D eigenvalue weighted by Gasteiger charge is -2.16. The first kappa shape index (κ1) is 16.2. The molecule has 0 spiro atoms. The van der Waals surface area contributed by atoms with Crippen molar-refractivity contribution in [1.82, 2.24) is 29.0 Å². The Morgan fingerprint density at radius 3 is 2.81 bits per heavy atom. The largest absolute Gasteiger partial charge is 0.394 e. The number of benzene rings is 1. The van der Waals surface area contributed by atoms with Crippen molar-refractivity contribution in [2.24, 2.45) is 0 Å². The third-order valence-corrected chi connectivity index (χ3v) is 5.04. The van der Waals surface area contributed by atoms with Crippen LogP contribution in [0.25, 0.3) is 17.0 Å². The van der Waals surface area contributed by atoms with Crippen molar-refractivity contribution in [2.45, 2.75) is 26.2 Å². The Balaban J connectivity index is 1.50. The van der Waals surface area contributed by atoms with Gasteiger partial charge >= 0.3 is 0 Å². The Morgan fingerprint density at radius 2 is 1.96 bits per heavy atom. The van der Waals surface area contributed by atoms with E-state index in [1.54, 1.807) is 6.20 Å². The highest BCUT2D eigenvalue weighted by atomic mass is 16.3. The molecule has 4 heterocycles. The van der Waals surface area contributed by atoms with Crippen molar-refractivity contribution in [3.8, 4) is 11.3 Å². The van der Waals surface area contributed by atoms with E-state index in [0.717, 1.165) is 42.4 Å². The molecule has 5 rings (SSSR count). The normalized spacial score (nSPS) is 14.1. The summed E-state index contributed by atoms with van der Waals surface area (Å²) < 4.78 is 3.98. The predicted molar refractivity (Wildman–Crippen MR) is 101 cm³/mol. The van der Waals surface area contributed by atoms with Crippen LogP contribution >= 0.6 is 0 Å². The Bertz CT molecular complexity index is 1080. The minimum Gasteiger partial charge on any atom is -0.394 e. The van der Waals surface area contributed by atoms with E-state index >= 15 is 0 Å². The molecule has 1 aromatic carbocycles. The Morgan fingerprint density at radius 1 is 1.07 bits per heavy atom. The van der Waals surface area contributed by atoms with E-state index in [1.165, 1.54) is 11.3 Å². The summed E-state index contributed by atoms with van der Waals surface area (Å²) in [5.41, 5.74) is 5.63. The molecular weight excluding hydrogens is 340 g/mol. The van der Waals surface area contributed by atoms with Gasteiger partial charge < -0.3 is 5.11 Å². The lowest BCUT2D eigenvalue weighted by Crippen LogP contribution is -2.19. The van der Waals surface area contributed by atoms with Gasteiger partial charge in [0.1, 0.15) is 0 Å². The van der Waals surface area contributed by atoms with Crippen LogP contribution in [0.1, 0.15) is 17.0 Å². The first-order valence-corrected chi connectivity index (χ1v) is 9.07. The van der Waals surface area contributed by atoms with Crippen molar-refractivity contribution < 1.29 is 5.11 Å². The highest BCUT2D eigenvalue weighted by Crippen LogP contribution is 2.29. The Kier molecular flexibility index (Phi) is 3.95. The lowest BCUT2D eigenvalue weighted by atomic mass is 10.1. The van der Waals surface area contributed by atoms with Crippen molar-refractivity contribution in [3.05, 3.63) is 71.9 Å². The molecule has 7 nitrogen and oxygen atoms in total. The van der Waals surface area contributed by atoms with Gasteiger partial charge in [-0.05, 0) is 6.07 Å². The maximum Gasteiger partial charge on any atom is 0.234 e. The third-order valence-electron chi connectivity index (χ3n) is 5.04. The SMILES string of the molecule is OCCn1ncc2c1CN(Cc1c(-c3ccccc3)nc3ncccn13)C2. The molecule has 3 aromatic heterocycles. The summed E-state index contributed by atoms with van der Waals surface area (Å²) in [6, 6.07) is 12.2. The zero-order valence-electron chi connectivity index (χ0n) is 14.9. The maximum atomic E-state index is 9.23. The zero-order chi connectivity index (χ0) is 18.2. The van der Waals surface area contributed by atoms with Crippen LogP contribution < -0.4 is 0 Å². The van der Waals surface area contributed by atoms with E-state index in [1.807, 2.05) is 41.3 Å². The maximum absolute atomic E-state index is 9.23. The Labute approximate surface area is 156 Å². The van der Waals surface area contributed by atoms with Crippen molar-refractivity contribution in [2.75, 3.05) is 6.61 Å². The molecule has 1 N–H and O–H groups in total. The molecule has 0 saturated heterocycles. The summed E-state index contributed by atoms with van der Waals surface area (Å²) in [5, 5.41) is 13.6.